The molecule has 1 fully saturated rings. The highest BCUT2D eigenvalue weighted by molar-refractivity contribution is 9.10. The maximum absolute atomic E-state index is 15.0. The lowest BCUT2D eigenvalue weighted by atomic mass is 9.85. The van der Waals surface area contributed by atoms with E-state index in [1.807, 2.05) is 0 Å². The Balaban J connectivity index is 2.19. The Kier molecular flexibility index (Phi) is 5.37. The van der Waals surface area contributed by atoms with Crippen LogP contribution in [0.4, 0.5) is 4.39 Å². The van der Waals surface area contributed by atoms with E-state index in [9.17, 15) is 24.9 Å². The summed E-state index contributed by atoms with van der Waals surface area (Å²) in [6.07, 6.45) is -6.85. The van der Waals surface area contributed by atoms with Gasteiger partial charge in [0.15, 0.2) is 16.3 Å². The third-order valence-electron chi connectivity index (χ3n) is 4.73. The van der Waals surface area contributed by atoms with Crippen LogP contribution in [0, 0.1) is 0 Å². The lowest BCUT2D eigenvalue weighted by molar-refractivity contribution is -0.286. The van der Waals surface area contributed by atoms with E-state index in [1.54, 1.807) is 0 Å². The molecule has 1 aromatic carbocycles. The normalized spacial score (nSPS) is 28.1. The molecule has 4 atom stereocenters. The number of aliphatic hydroxyl groups is 3. The van der Waals surface area contributed by atoms with E-state index >= 15 is 4.39 Å². The van der Waals surface area contributed by atoms with Gasteiger partial charge in [0.2, 0.25) is 11.8 Å². The van der Waals surface area contributed by atoms with Crippen LogP contribution in [0.15, 0.2) is 16.9 Å². The standard InChI is InChI=1S/C16H14BrCl2FN2O6/c1-5(23)15(26,6(2)24)13-11(25)12(20)16(27,28-13)22-10-4-8(19)7(18)3-9(10)21-14(22)17/h3-4,11-13,25-27H,1-2H3/t11-,12?,13-,16-/m0/s1. The second kappa shape index (κ2) is 6.98. The monoisotopic (exact) mass is 498 g/mol. The van der Waals surface area contributed by atoms with Crippen LogP contribution < -0.4 is 0 Å². The van der Waals surface area contributed by atoms with Crippen molar-refractivity contribution in [3.05, 3.63) is 26.9 Å². The molecule has 0 saturated carbocycles. The van der Waals surface area contributed by atoms with Crippen LogP contribution in [-0.4, -0.2) is 60.4 Å². The summed E-state index contributed by atoms with van der Waals surface area (Å²) in [5.41, 5.74) is -2.58. The van der Waals surface area contributed by atoms with E-state index < -0.39 is 41.5 Å². The summed E-state index contributed by atoms with van der Waals surface area (Å²) in [5, 5.41) is 32.0. The van der Waals surface area contributed by atoms with Crippen LogP contribution in [-0.2, 0) is 20.2 Å². The zero-order chi connectivity index (χ0) is 21.2. The van der Waals surface area contributed by atoms with Crippen molar-refractivity contribution in [3.8, 4) is 0 Å². The fourth-order valence-corrected chi connectivity index (χ4v) is 4.15. The molecule has 0 bridgehead atoms. The number of ether oxygens (including phenoxy) is 1. The van der Waals surface area contributed by atoms with Crippen molar-refractivity contribution in [1.29, 1.82) is 0 Å². The summed E-state index contributed by atoms with van der Waals surface area (Å²) in [6.45, 7) is 1.76. The first-order valence-corrected chi connectivity index (χ1v) is 9.40. The summed E-state index contributed by atoms with van der Waals surface area (Å²) >= 11 is 15.0. The predicted octanol–water partition coefficient (Wildman–Crippen LogP) is 1.72. The zero-order valence-electron chi connectivity index (χ0n) is 14.4. The average Bonchev–Trinajstić information content (AvgIpc) is 3.03. The molecular formula is C16H14BrCl2FN2O6. The highest BCUT2D eigenvalue weighted by atomic mass is 79.9. The number of benzene rings is 1. The van der Waals surface area contributed by atoms with Crippen LogP contribution in [0.1, 0.15) is 13.8 Å². The lowest BCUT2D eigenvalue weighted by Crippen LogP contribution is -2.58. The fraction of sp³-hybridized carbons (Fsp3) is 0.438. The van der Waals surface area contributed by atoms with Crippen molar-refractivity contribution >= 4 is 61.7 Å². The van der Waals surface area contributed by atoms with E-state index in [4.69, 9.17) is 27.9 Å². The molecule has 2 heterocycles. The minimum absolute atomic E-state index is 0.0703. The number of alkyl halides is 1. The van der Waals surface area contributed by atoms with E-state index in [0.717, 1.165) is 18.4 Å². The first-order valence-electron chi connectivity index (χ1n) is 7.86. The second-order valence-corrected chi connectivity index (χ2v) is 7.96. The van der Waals surface area contributed by atoms with Crippen molar-refractivity contribution in [2.24, 2.45) is 0 Å². The first kappa shape index (κ1) is 21.6. The predicted molar refractivity (Wildman–Crippen MR) is 99.7 cm³/mol. The number of ketones is 2. The second-order valence-electron chi connectivity index (χ2n) is 6.44. The van der Waals surface area contributed by atoms with Gasteiger partial charge in [-0.25, -0.2) is 9.37 Å². The smallest absolute Gasteiger partial charge is 0.291 e. The maximum Gasteiger partial charge on any atom is 0.291 e. The minimum atomic E-state index is -2.92. The number of nitrogens with zero attached hydrogens (tertiary/aromatic N) is 2. The first-order chi connectivity index (χ1) is 12.9. The average molecular weight is 500 g/mol. The summed E-state index contributed by atoms with van der Waals surface area (Å²) in [4.78, 5) is 27.8. The number of aromatic nitrogens is 2. The minimum Gasteiger partial charge on any atom is -0.387 e. The number of carbonyl (C=O) groups is 2. The Bertz CT molecular complexity index is 987. The van der Waals surface area contributed by atoms with Gasteiger partial charge in [0.05, 0.1) is 21.1 Å². The fourth-order valence-electron chi connectivity index (χ4n) is 3.20. The van der Waals surface area contributed by atoms with Crippen molar-refractivity contribution in [2.45, 2.75) is 43.7 Å². The van der Waals surface area contributed by atoms with Gasteiger partial charge in [0.1, 0.15) is 12.2 Å². The van der Waals surface area contributed by atoms with Gasteiger partial charge in [-0.3, -0.25) is 14.2 Å². The summed E-state index contributed by atoms with van der Waals surface area (Å²) in [7, 11) is 0. The number of fused-ring (bicyclic) bond motifs is 1. The quantitative estimate of drug-likeness (QED) is 0.547. The van der Waals surface area contributed by atoms with Crippen LogP contribution in [0.25, 0.3) is 11.0 Å². The number of aliphatic hydroxyl groups excluding tert-OH is 1. The van der Waals surface area contributed by atoms with Gasteiger partial charge < -0.3 is 20.1 Å². The van der Waals surface area contributed by atoms with E-state index in [0.29, 0.717) is 0 Å². The van der Waals surface area contributed by atoms with Gasteiger partial charge in [-0.1, -0.05) is 23.2 Å². The van der Waals surface area contributed by atoms with Crippen molar-refractivity contribution in [2.75, 3.05) is 0 Å². The third-order valence-corrected chi connectivity index (χ3v) is 5.99. The highest BCUT2D eigenvalue weighted by Crippen LogP contribution is 2.44. The number of hydrogen-bond acceptors (Lipinski definition) is 7. The van der Waals surface area contributed by atoms with Crippen LogP contribution in [0.5, 0.6) is 0 Å². The Morgan fingerprint density at radius 2 is 1.86 bits per heavy atom. The van der Waals surface area contributed by atoms with E-state index in [2.05, 4.69) is 20.9 Å². The summed E-state index contributed by atoms with van der Waals surface area (Å²) in [5.74, 6) is -5.08. The van der Waals surface area contributed by atoms with Crippen molar-refractivity contribution in [3.63, 3.8) is 0 Å². The van der Waals surface area contributed by atoms with Crippen LogP contribution in [0.3, 0.4) is 0 Å². The van der Waals surface area contributed by atoms with Gasteiger partial charge >= 0.3 is 0 Å². The van der Waals surface area contributed by atoms with Gasteiger partial charge in [-0.15, -0.1) is 0 Å². The molecule has 1 aliphatic heterocycles. The highest BCUT2D eigenvalue weighted by Gasteiger charge is 2.65. The molecule has 0 radical (unpaired) electrons. The number of imidazole rings is 1. The van der Waals surface area contributed by atoms with Crippen LogP contribution >= 0.6 is 39.1 Å². The summed E-state index contributed by atoms with van der Waals surface area (Å²) in [6, 6.07) is 2.65. The molecule has 0 amide bonds. The molecular weight excluding hydrogens is 486 g/mol. The molecule has 1 saturated heterocycles. The molecule has 1 unspecified atom stereocenters. The molecule has 8 nitrogen and oxygen atoms in total. The molecule has 0 spiro atoms. The molecule has 3 N–H and O–H groups in total. The SMILES string of the molecule is CC(=O)C(O)(C(C)=O)[C@H]1O[C@](O)(n2c(Br)nc3cc(Cl)c(Cl)cc32)C(F)[C@@H]1O. The number of Topliss-reactive ketones (excluding diaryl/α,β-unsaturated/α-hetero) is 2. The number of rotatable bonds is 4. The van der Waals surface area contributed by atoms with Crippen molar-refractivity contribution in [1.82, 2.24) is 9.55 Å². The van der Waals surface area contributed by atoms with E-state index in [1.165, 1.54) is 12.1 Å². The van der Waals surface area contributed by atoms with Gasteiger partial charge in [0.25, 0.3) is 5.91 Å². The maximum atomic E-state index is 15.0. The molecule has 152 valence electrons. The van der Waals surface area contributed by atoms with Crippen molar-refractivity contribution < 1.29 is 34.0 Å². The molecule has 1 aromatic heterocycles. The van der Waals surface area contributed by atoms with Gasteiger partial charge in [0, 0.05) is 0 Å². The summed E-state index contributed by atoms with van der Waals surface area (Å²) < 4.78 is 21.0. The van der Waals surface area contributed by atoms with Gasteiger partial charge in [-0.2, -0.15) is 0 Å². The molecule has 28 heavy (non-hydrogen) atoms. The largest absolute Gasteiger partial charge is 0.387 e. The molecule has 2 aromatic rings. The topological polar surface area (TPSA) is 122 Å². The lowest BCUT2D eigenvalue weighted by Gasteiger charge is -2.31. The Labute approximate surface area is 175 Å². The Morgan fingerprint density at radius 3 is 2.39 bits per heavy atom. The van der Waals surface area contributed by atoms with Gasteiger partial charge in [-0.05, 0) is 41.9 Å². The van der Waals surface area contributed by atoms with Crippen LogP contribution in [0.2, 0.25) is 10.0 Å². The molecule has 1 aliphatic rings. The molecule has 0 aliphatic carbocycles. The number of hydrogen-bond donors (Lipinski definition) is 3. The number of carbonyl (C=O) groups excluding carboxylic acids is 2. The number of halogens is 4. The zero-order valence-corrected chi connectivity index (χ0v) is 17.5. The Hall–Kier alpha value is -1.14. The molecule has 3 rings (SSSR count). The molecule has 12 heteroatoms. The van der Waals surface area contributed by atoms with E-state index in [-0.39, 0.29) is 25.8 Å². The Morgan fingerprint density at radius 1 is 1.32 bits per heavy atom. The third kappa shape index (κ3) is 2.90.